The molecule has 0 saturated carbocycles. The molecule has 4 rings (SSSR count). The zero-order valence-electron chi connectivity index (χ0n) is 19.9. The highest BCUT2D eigenvalue weighted by atomic mass is 32.2. The summed E-state index contributed by atoms with van der Waals surface area (Å²) in [7, 11) is -3.89. The third-order valence-corrected chi connectivity index (χ3v) is 7.66. The number of anilines is 2. The first-order valence-electron chi connectivity index (χ1n) is 11.9. The van der Waals surface area contributed by atoms with Gasteiger partial charge in [0.15, 0.2) is 5.78 Å². The molecule has 2 aromatic carbocycles. The van der Waals surface area contributed by atoms with Crippen molar-refractivity contribution in [3.63, 3.8) is 0 Å². The van der Waals surface area contributed by atoms with Crippen molar-refractivity contribution < 1.29 is 22.4 Å². The summed E-state index contributed by atoms with van der Waals surface area (Å²) in [6.45, 7) is 4.87. The monoisotopic (exact) mass is 502 g/mol. The van der Waals surface area contributed by atoms with Gasteiger partial charge in [-0.05, 0) is 68.1 Å². The molecule has 2 aliphatic rings. The Labute approximate surface area is 205 Å². The van der Waals surface area contributed by atoms with Crippen LogP contribution in [0.5, 0.6) is 0 Å². The third-order valence-electron chi connectivity index (χ3n) is 6.75. The molecule has 0 atom stereocenters. The molecule has 10 heteroatoms. The minimum absolute atomic E-state index is 0.00429. The smallest absolute Gasteiger partial charge is 0.238 e. The number of hydrogen-bond donors (Lipinski definition) is 1. The van der Waals surface area contributed by atoms with Crippen molar-refractivity contribution in [2.75, 3.05) is 49.1 Å². The molecule has 2 N–H and O–H groups in total. The summed E-state index contributed by atoms with van der Waals surface area (Å²) in [6, 6.07) is 9.22. The molecule has 2 fully saturated rings. The molecule has 0 bridgehead atoms. The second kappa shape index (κ2) is 10.3. The molecule has 0 spiro atoms. The van der Waals surface area contributed by atoms with Crippen molar-refractivity contribution in [2.45, 2.75) is 37.5 Å². The van der Waals surface area contributed by atoms with Gasteiger partial charge in [-0.3, -0.25) is 9.59 Å². The number of sulfonamides is 1. The molecular weight excluding hydrogens is 471 g/mol. The summed E-state index contributed by atoms with van der Waals surface area (Å²) in [4.78, 5) is 30.5. The molecule has 8 nitrogen and oxygen atoms in total. The summed E-state index contributed by atoms with van der Waals surface area (Å²) in [6.07, 6.45) is 3.33. The van der Waals surface area contributed by atoms with E-state index in [0.717, 1.165) is 38.0 Å². The van der Waals surface area contributed by atoms with Crippen LogP contribution < -0.4 is 14.9 Å². The van der Waals surface area contributed by atoms with E-state index in [1.165, 1.54) is 25.1 Å². The lowest BCUT2D eigenvalue weighted by Crippen LogP contribution is -2.49. The van der Waals surface area contributed by atoms with Gasteiger partial charge in [0.1, 0.15) is 5.82 Å². The number of nitrogens with zero attached hydrogens (tertiary/aromatic N) is 3. The van der Waals surface area contributed by atoms with Crippen LogP contribution in [0.1, 0.15) is 42.1 Å². The number of piperazine rings is 1. The lowest BCUT2D eigenvalue weighted by molar-refractivity contribution is -0.130. The van der Waals surface area contributed by atoms with Crippen LogP contribution in [0.2, 0.25) is 0 Å². The van der Waals surface area contributed by atoms with Gasteiger partial charge in [-0.15, -0.1) is 0 Å². The molecule has 35 heavy (non-hydrogen) atoms. The van der Waals surface area contributed by atoms with E-state index in [-0.39, 0.29) is 23.0 Å². The van der Waals surface area contributed by atoms with Crippen molar-refractivity contribution in [2.24, 2.45) is 5.14 Å². The molecule has 0 aliphatic carbocycles. The molecule has 2 aromatic rings. The van der Waals surface area contributed by atoms with Gasteiger partial charge in [-0.1, -0.05) is 0 Å². The van der Waals surface area contributed by atoms with Crippen LogP contribution in [0.4, 0.5) is 15.8 Å². The van der Waals surface area contributed by atoms with E-state index in [0.29, 0.717) is 43.0 Å². The largest absolute Gasteiger partial charge is 0.371 e. The number of primary sulfonamides is 1. The number of benzene rings is 2. The quantitative estimate of drug-likeness (QED) is 0.609. The standard InChI is InChI=1S/C25H31FN4O4S/c1-18(31)19-5-7-24(22(26)16-19)29-11-13-30(14-12-29)25(32)17-20-15-21(35(27,33)34)6-8-23(20)28-9-3-2-4-10-28/h5-8,15-16H,2-4,9-14,17H2,1H3,(H2,27,33,34). The summed E-state index contributed by atoms with van der Waals surface area (Å²) < 4.78 is 38.4. The summed E-state index contributed by atoms with van der Waals surface area (Å²) in [5.41, 5.74) is 2.26. The van der Waals surface area contributed by atoms with E-state index >= 15 is 0 Å². The number of Topliss-reactive ketones (excluding diaryl/α,β-unsaturated/α-hetero) is 1. The maximum Gasteiger partial charge on any atom is 0.238 e. The Balaban J connectivity index is 1.47. The molecule has 2 saturated heterocycles. The molecule has 2 heterocycles. The Morgan fingerprint density at radius 1 is 0.886 bits per heavy atom. The van der Waals surface area contributed by atoms with Gasteiger partial charge in [0, 0.05) is 50.5 Å². The van der Waals surface area contributed by atoms with E-state index in [1.54, 1.807) is 23.1 Å². The van der Waals surface area contributed by atoms with Crippen molar-refractivity contribution >= 4 is 33.1 Å². The molecule has 1 amide bonds. The number of hydrogen-bond acceptors (Lipinski definition) is 6. The number of carbonyl (C=O) groups is 2. The van der Waals surface area contributed by atoms with Crippen LogP contribution in [0, 0.1) is 5.82 Å². The Bertz CT molecular complexity index is 1220. The molecule has 0 radical (unpaired) electrons. The maximum atomic E-state index is 14.6. The van der Waals surface area contributed by atoms with Crippen molar-refractivity contribution in [3.05, 3.63) is 53.3 Å². The van der Waals surface area contributed by atoms with Crippen molar-refractivity contribution in [1.29, 1.82) is 0 Å². The predicted octanol–water partition coefficient (Wildman–Crippen LogP) is 2.56. The topological polar surface area (TPSA) is 104 Å². The molecule has 188 valence electrons. The lowest BCUT2D eigenvalue weighted by Gasteiger charge is -2.37. The van der Waals surface area contributed by atoms with Crippen LogP contribution >= 0.6 is 0 Å². The first-order chi connectivity index (χ1) is 16.6. The number of halogens is 1. The minimum atomic E-state index is -3.89. The Morgan fingerprint density at radius 2 is 1.51 bits per heavy atom. The minimum Gasteiger partial charge on any atom is -0.371 e. The van der Waals surface area contributed by atoms with E-state index in [2.05, 4.69) is 4.90 Å². The van der Waals surface area contributed by atoms with Crippen molar-refractivity contribution in [1.82, 2.24) is 4.90 Å². The number of piperidine rings is 1. The summed E-state index contributed by atoms with van der Waals surface area (Å²) >= 11 is 0. The zero-order valence-corrected chi connectivity index (χ0v) is 20.7. The Hall–Kier alpha value is -2.98. The highest BCUT2D eigenvalue weighted by Gasteiger charge is 2.25. The fraction of sp³-hybridized carbons (Fsp3) is 0.440. The van der Waals surface area contributed by atoms with Crippen LogP contribution in [0.3, 0.4) is 0 Å². The van der Waals surface area contributed by atoms with Gasteiger partial charge in [-0.25, -0.2) is 17.9 Å². The molecule has 0 aromatic heterocycles. The van der Waals surface area contributed by atoms with Gasteiger partial charge in [0.05, 0.1) is 17.0 Å². The maximum absolute atomic E-state index is 14.6. The predicted molar refractivity (Wildman–Crippen MR) is 133 cm³/mol. The van der Waals surface area contributed by atoms with E-state index in [1.807, 2.05) is 4.90 Å². The molecule has 2 aliphatic heterocycles. The van der Waals surface area contributed by atoms with E-state index < -0.39 is 15.8 Å². The Kier molecular flexibility index (Phi) is 7.42. The fourth-order valence-corrected chi connectivity index (χ4v) is 5.34. The normalized spacial score (nSPS) is 16.9. The van der Waals surface area contributed by atoms with E-state index in [4.69, 9.17) is 5.14 Å². The Morgan fingerprint density at radius 3 is 2.11 bits per heavy atom. The molecule has 0 unspecified atom stereocenters. The van der Waals surface area contributed by atoms with Gasteiger partial charge in [0.2, 0.25) is 15.9 Å². The number of ketones is 1. The summed E-state index contributed by atoms with van der Waals surface area (Å²) in [5.74, 6) is -0.758. The number of nitrogens with two attached hydrogens (primary N) is 1. The van der Waals surface area contributed by atoms with E-state index in [9.17, 15) is 22.4 Å². The van der Waals surface area contributed by atoms with Crippen LogP contribution in [-0.4, -0.2) is 64.3 Å². The van der Waals surface area contributed by atoms with Crippen LogP contribution in [-0.2, 0) is 21.2 Å². The second-order valence-corrected chi connectivity index (χ2v) is 10.7. The van der Waals surface area contributed by atoms with Gasteiger partial charge >= 0.3 is 0 Å². The van der Waals surface area contributed by atoms with Crippen LogP contribution in [0.15, 0.2) is 41.3 Å². The first-order valence-corrected chi connectivity index (χ1v) is 13.4. The average Bonchev–Trinajstić information content (AvgIpc) is 2.84. The fourth-order valence-electron chi connectivity index (χ4n) is 4.78. The van der Waals surface area contributed by atoms with Crippen LogP contribution in [0.25, 0.3) is 0 Å². The second-order valence-electron chi connectivity index (χ2n) is 9.15. The SMILES string of the molecule is CC(=O)c1ccc(N2CCN(C(=O)Cc3cc(S(N)(=O)=O)ccc3N3CCCCC3)CC2)c(F)c1. The third kappa shape index (κ3) is 5.82. The number of amides is 1. The van der Waals surface area contributed by atoms with Gasteiger partial charge in [-0.2, -0.15) is 0 Å². The first kappa shape index (κ1) is 25.1. The summed E-state index contributed by atoms with van der Waals surface area (Å²) in [5, 5.41) is 5.34. The number of carbonyl (C=O) groups excluding carboxylic acids is 2. The van der Waals surface area contributed by atoms with Crippen molar-refractivity contribution in [3.8, 4) is 0 Å². The average molecular weight is 503 g/mol. The lowest BCUT2D eigenvalue weighted by atomic mass is 10.0. The number of rotatable bonds is 6. The highest BCUT2D eigenvalue weighted by molar-refractivity contribution is 7.89. The highest BCUT2D eigenvalue weighted by Crippen LogP contribution is 2.28. The zero-order chi connectivity index (χ0) is 25.2. The molecular formula is C25H31FN4O4S. The van der Waals surface area contributed by atoms with Gasteiger partial charge in [0.25, 0.3) is 0 Å². The van der Waals surface area contributed by atoms with Gasteiger partial charge < -0.3 is 14.7 Å².